The van der Waals surface area contributed by atoms with E-state index < -0.39 is 0 Å². The second-order valence-electron chi connectivity index (χ2n) is 4.13. The highest BCUT2D eigenvalue weighted by Crippen LogP contribution is 2.34. The zero-order valence-corrected chi connectivity index (χ0v) is 11.9. The van der Waals surface area contributed by atoms with Crippen LogP contribution in [0.25, 0.3) is 22.8 Å². The van der Waals surface area contributed by atoms with Crippen molar-refractivity contribution >= 4 is 11.6 Å². The van der Waals surface area contributed by atoms with Crippen LogP contribution in [0.2, 0.25) is 0 Å². The SMILES string of the molecule is C[N+]([O-])=Nc1nonc1-c1no[n+]([O-])c1-c1nonc1N=[N+](C)[O-]. The highest BCUT2D eigenvalue weighted by atomic mass is 16.8. The molecule has 16 heteroatoms. The quantitative estimate of drug-likeness (QED) is 0.264. The maximum Gasteiger partial charge on any atom is 0.295 e. The van der Waals surface area contributed by atoms with Crippen LogP contribution in [0.1, 0.15) is 0 Å². The fourth-order valence-electron chi connectivity index (χ4n) is 1.67. The van der Waals surface area contributed by atoms with Crippen LogP contribution >= 0.6 is 0 Å². The number of hydrogen-bond donors (Lipinski definition) is 0. The zero-order valence-electron chi connectivity index (χ0n) is 11.9. The number of nitrogens with zero attached hydrogens (tertiary/aromatic N) is 10. The van der Waals surface area contributed by atoms with E-state index in [0.29, 0.717) is 0 Å². The van der Waals surface area contributed by atoms with Gasteiger partial charge in [-0.05, 0) is 25.5 Å². The molecule has 3 rings (SSSR count). The average Bonchev–Trinajstić information content (AvgIpc) is 3.18. The molecular weight excluding hydrogens is 332 g/mol. The summed E-state index contributed by atoms with van der Waals surface area (Å²) in [6.45, 7) is 0. The van der Waals surface area contributed by atoms with Crippen LogP contribution in [0.3, 0.4) is 0 Å². The minimum absolute atomic E-state index is 0.0436. The number of azo groups is 2. The van der Waals surface area contributed by atoms with Gasteiger partial charge in [0.05, 0.1) is 0 Å². The van der Waals surface area contributed by atoms with E-state index in [2.05, 4.69) is 49.9 Å². The van der Waals surface area contributed by atoms with Crippen LogP contribution in [-0.4, -0.2) is 49.6 Å². The Morgan fingerprint density at radius 3 is 1.96 bits per heavy atom. The maximum absolute atomic E-state index is 11.9. The number of rotatable bonds is 4. The normalized spacial score (nSPS) is 12.8. The topological polar surface area (TPSA) is 208 Å². The minimum Gasteiger partial charge on any atom is -0.600 e. The van der Waals surface area contributed by atoms with Crippen LogP contribution in [0, 0.1) is 15.6 Å². The van der Waals surface area contributed by atoms with Crippen molar-refractivity contribution in [2.75, 3.05) is 14.1 Å². The monoisotopic (exact) mass is 338 g/mol. The van der Waals surface area contributed by atoms with E-state index in [1.807, 2.05) is 0 Å². The standard InChI is InChI=1S/C8H6N10O6/c1-16(19)9-7-4(11-22-14-7)3-6(18(21)24-13-3)5-8(10-17(2)20)15-23-12-5/h1-2H3. The van der Waals surface area contributed by atoms with Crippen LogP contribution in [-0.2, 0) is 0 Å². The lowest BCUT2D eigenvalue weighted by molar-refractivity contribution is -0.793. The summed E-state index contributed by atoms with van der Waals surface area (Å²) in [5, 5.41) is 58.1. The third kappa shape index (κ3) is 2.58. The van der Waals surface area contributed by atoms with E-state index in [1.54, 1.807) is 0 Å². The van der Waals surface area contributed by atoms with E-state index in [9.17, 15) is 15.6 Å². The summed E-state index contributed by atoms with van der Waals surface area (Å²) >= 11 is 0. The Morgan fingerprint density at radius 2 is 1.38 bits per heavy atom. The number of hydrogen-bond acceptors (Lipinski definition) is 13. The molecule has 0 radical (unpaired) electrons. The van der Waals surface area contributed by atoms with Gasteiger partial charge in [-0.1, -0.05) is 9.72 Å². The summed E-state index contributed by atoms with van der Waals surface area (Å²) in [5.74, 6) is -0.573. The molecule has 0 saturated carbocycles. The highest BCUT2D eigenvalue weighted by molar-refractivity contribution is 5.79. The lowest BCUT2D eigenvalue weighted by atomic mass is 10.2. The lowest BCUT2D eigenvalue weighted by Gasteiger charge is -1.93. The highest BCUT2D eigenvalue weighted by Gasteiger charge is 2.35. The molecule has 0 aliphatic rings. The first-order chi connectivity index (χ1) is 11.5. The van der Waals surface area contributed by atoms with Crippen molar-refractivity contribution in [3.05, 3.63) is 15.6 Å². The van der Waals surface area contributed by atoms with E-state index >= 15 is 0 Å². The van der Waals surface area contributed by atoms with Gasteiger partial charge in [0, 0.05) is 15.4 Å². The Balaban J connectivity index is 2.19. The number of hydroxylamine groups is 2. The van der Waals surface area contributed by atoms with Gasteiger partial charge in [0.15, 0.2) is 14.1 Å². The molecule has 0 aromatic carbocycles. The van der Waals surface area contributed by atoms with Gasteiger partial charge in [0.1, 0.15) is 0 Å². The predicted octanol–water partition coefficient (Wildman–Crippen LogP) is -0.144. The van der Waals surface area contributed by atoms with E-state index in [4.69, 9.17) is 0 Å². The third-order valence-electron chi connectivity index (χ3n) is 2.48. The van der Waals surface area contributed by atoms with E-state index in [0.717, 1.165) is 14.1 Å². The van der Waals surface area contributed by atoms with Crippen molar-refractivity contribution in [2.24, 2.45) is 10.2 Å². The van der Waals surface area contributed by atoms with Gasteiger partial charge >= 0.3 is 0 Å². The second kappa shape index (κ2) is 5.66. The van der Waals surface area contributed by atoms with Gasteiger partial charge in [-0.15, -0.1) is 0 Å². The molecular formula is C8H6N10O6. The molecule has 0 aliphatic heterocycles. The summed E-state index contributed by atoms with van der Waals surface area (Å²) in [7, 11) is 2.18. The van der Waals surface area contributed by atoms with Crippen molar-refractivity contribution in [2.45, 2.75) is 0 Å². The number of aromatic nitrogens is 6. The molecule has 0 atom stereocenters. The first-order valence-corrected chi connectivity index (χ1v) is 5.98. The van der Waals surface area contributed by atoms with Crippen molar-refractivity contribution in [1.82, 2.24) is 25.8 Å². The van der Waals surface area contributed by atoms with Crippen molar-refractivity contribution in [1.29, 1.82) is 0 Å². The Morgan fingerprint density at radius 1 is 0.833 bits per heavy atom. The Labute approximate surface area is 129 Å². The van der Waals surface area contributed by atoms with Gasteiger partial charge in [-0.2, -0.15) is 0 Å². The molecule has 16 nitrogen and oxygen atoms in total. The molecule has 24 heavy (non-hydrogen) atoms. The largest absolute Gasteiger partial charge is 0.600 e. The molecule has 0 spiro atoms. The zero-order chi connectivity index (χ0) is 17.3. The molecule has 3 heterocycles. The van der Waals surface area contributed by atoms with E-state index in [1.165, 1.54) is 0 Å². The molecule has 0 aliphatic carbocycles. The maximum atomic E-state index is 11.9. The van der Waals surface area contributed by atoms with Crippen LogP contribution in [0.15, 0.2) is 24.1 Å². The van der Waals surface area contributed by atoms with Gasteiger partial charge in [-0.3, -0.25) is 4.63 Å². The fraction of sp³-hybridized carbons (Fsp3) is 0.250. The first-order valence-electron chi connectivity index (χ1n) is 5.98. The van der Waals surface area contributed by atoms with Crippen LogP contribution in [0.5, 0.6) is 0 Å². The van der Waals surface area contributed by atoms with Crippen molar-refractivity contribution < 1.29 is 28.5 Å². The summed E-state index contributed by atoms with van der Waals surface area (Å²) in [6, 6.07) is 0. The Kier molecular flexibility index (Phi) is 3.53. The summed E-state index contributed by atoms with van der Waals surface area (Å²) < 4.78 is 13.4. The Hall–Kier alpha value is -3.98. The second-order valence-corrected chi connectivity index (χ2v) is 4.13. The first kappa shape index (κ1) is 14.9. The lowest BCUT2D eigenvalue weighted by Crippen LogP contribution is -2.25. The van der Waals surface area contributed by atoms with Crippen LogP contribution < -0.4 is 4.90 Å². The third-order valence-corrected chi connectivity index (χ3v) is 2.48. The molecule has 0 unspecified atom stereocenters. The van der Waals surface area contributed by atoms with Crippen LogP contribution in [0.4, 0.5) is 11.6 Å². The summed E-state index contributed by atoms with van der Waals surface area (Å²) in [6.07, 6.45) is 0. The molecule has 3 aromatic rings. The predicted molar refractivity (Wildman–Crippen MR) is 65.3 cm³/mol. The average molecular weight is 338 g/mol. The smallest absolute Gasteiger partial charge is 0.295 e. The van der Waals surface area contributed by atoms with Gasteiger partial charge in [-0.25, -0.2) is 9.26 Å². The van der Waals surface area contributed by atoms with Gasteiger partial charge in [0.2, 0.25) is 11.4 Å². The fourth-order valence-corrected chi connectivity index (χ4v) is 1.67. The molecule has 0 saturated heterocycles. The summed E-state index contributed by atoms with van der Waals surface area (Å²) in [4.78, 5) is 0.326. The van der Waals surface area contributed by atoms with Gasteiger partial charge in [0.25, 0.3) is 23.0 Å². The van der Waals surface area contributed by atoms with Gasteiger partial charge < -0.3 is 15.6 Å². The summed E-state index contributed by atoms with van der Waals surface area (Å²) in [5.41, 5.74) is -1.02. The molecule has 0 amide bonds. The van der Waals surface area contributed by atoms with E-state index in [-0.39, 0.29) is 49.0 Å². The molecule has 3 aromatic heterocycles. The van der Waals surface area contributed by atoms with Crippen molar-refractivity contribution in [3.63, 3.8) is 0 Å². The molecule has 0 N–H and O–H groups in total. The molecule has 0 fully saturated rings. The van der Waals surface area contributed by atoms with Crippen molar-refractivity contribution in [3.8, 4) is 22.8 Å². The Bertz CT molecular complexity index is 929. The molecule has 124 valence electrons. The molecule has 0 bridgehead atoms. The minimum atomic E-state index is -0.349.